The third-order valence-electron chi connectivity index (χ3n) is 5.09. The van der Waals surface area contributed by atoms with Crippen LogP contribution in [0.1, 0.15) is 36.4 Å². The molecule has 0 radical (unpaired) electrons. The summed E-state index contributed by atoms with van der Waals surface area (Å²) in [5.41, 5.74) is 2.18. The van der Waals surface area contributed by atoms with Crippen molar-refractivity contribution in [2.75, 3.05) is 26.8 Å². The van der Waals surface area contributed by atoms with Gasteiger partial charge in [-0.15, -0.1) is 0 Å². The molecule has 4 nitrogen and oxygen atoms in total. The summed E-state index contributed by atoms with van der Waals surface area (Å²) in [5, 5.41) is 3.20. The highest BCUT2D eigenvalue weighted by atomic mass is 16.5. The van der Waals surface area contributed by atoms with Crippen molar-refractivity contribution in [3.05, 3.63) is 71.8 Å². The first kappa shape index (κ1) is 18.5. The van der Waals surface area contributed by atoms with E-state index in [1.54, 1.807) is 4.90 Å². The number of ether oxygens (including phenoxy) is 1. The van der Waals surface area contributed by atoms with Crippen molar-refractivity contribution < 1.29 is 9.53 Å². The predicted molar refractivity (Wildman–Crippen MR) is 104 cm³/mol. The minimum Gasteiger partial charge on any atom is -0.381 e. The van der Waals surface area contributed by atoms with Crippen LogP contribution >= 0.6 is 0 Å². The third kappa shape index (κ3) is 5.09. The van der Waals surface area contributed by atoms with E-state index in [1.165, 1.54) is 0 Å². The molecule has 26 heavy (non-hydrogen) atoms. The summed E-state index contributed by atoms with van der Waals surface area (Å²) in [7, 11) is 1.88. The van der Waals surface area contributed by atoms with Crippen molar-refractivity contribution in [2.24, 2.45) is 5.92 Å². The maximum absolute atomic E-state index is 12.8. The van der Waals surface area contributed by atoms with E-state index in [9.17, 15) is 4.79 Å². The lowest BCUT2D eigenvalue weighted by molar-refractivity contribution is 0.0619. The Labute approximate surface area is 156 Å². The molecule has 0 aliphatic carbocycles. The molecule has 0 spiro atoms. The van der Waals surface area contributed by atoms with Gasteiger partial charge in [-0.3, -0.25) is 0 Å². The molecular weight excluding hydrogens is 324 g/mol. The minimum atomic E-state index is -0.143. The molecule has 0 aromatic heterocycles. The highest BCUT2D eigenvalue weighted by Gasteiger charge is 2.20. The van der Waals surface area contributed by atoms with Gasteiger partial charge in [-0.2, -0.15) is 0 Å². The molecule has 0 bridgehead atoms. The summed E-state index contributed by atoms with van der Waals surface area (Å²) >= 11 is 0. The molecular formula is C22H28N2O2. The van der Waals surface area contributed by atoms with Gasteiger partial charge in [-0.1, -0.05) is 60.7 Å². The monoisotopic (exact) mass is 352 g/mol. The Morgan fingerprint density at radius 1 is 1.04 bits per heavy atom. The van der Waals surface area contributed by atoms with Crippen molar-refractivity contribution in [2.45, 2.75) is 25.3 Å². The fourth-order valence-electron chi connectivity index (χ4n) is 3.40. The zero-order chi connectivity index (χ0) is 18.2. The maximum Gasteiger partial charge on any atom is 0.317 e. The molecule has 2 amide bonds. The van der Waals surface area contributed by atoms with Crippen LogP contribution in [0.2, 0.25) is 0 Å². The summed E-state index contributed by atoms with van der Waals surface area (Å²) in [6.45, 7) is 2.47. The van der Waals surface area contributed by atoms with Crippen molar-refractivity contribution in [3.8, 4) is 0 Å². The second kappa shape index (κ2) is 9.39. The van der Waals surface area contributed by atoms with Crippen molar-refractivity contribution in [1.29, 1.82) is 0 Å². The molecule has 2 aromatic carbocycles. The Morgan fingerprint density at radius 3 is 2.12 bits per heavy atom. The Morgan fingerprint density at radius 2 is 1.58 bits per heavy atom. The summed E-state index contributed by atoms with van der Waals surface area (Å²) < 4.78 is 5.41. The van der Waals surface area contributed by atoms with E-state index in [-0.39, 0.29) is 12.1 Å². The van der Waals surface area contributed by atoms with Gasteiger partial charge < -0.3 is 15.0 Å². The van der Waals surface area contributed by atoms with Crippen LogP contribution in [0.25, 0.3) is 0 Å². The van der Waals surface area contributed by atoms with Crippen LogP contribution in [0.5, 0.6) is 0 Å². The van der Waals surface area contributed by atoms with Gasteiger partial charge in [-0.05, 0) is 36.3 Å². The van der Waals surface area contributed by atoms with E-state index in [2.05, 4.69) is 29.6 Å². The molecule has 0 atom stereocenters. The second-order valence-electron chi connectivity index (χ2n) is 6.97. The largest absolute Gasteiger partial charge is 0.381 e. The number of carbonyl (C=O) groups excluding carboxylic acids is 1. The molecule has 1 aliphatic rings. The SMILES string of the molecule is CN(CCC1CCOCC1)C(=O)NC(c1ccccc1)c1ccccc1. The van der Waals surface area contributed by atoms with Crippen molar-refractivity contribution in [1.82, 2.24) is 10.2 Å². The Balaban J connectivity index is 1.63. The minimum absolute atomic E-state index is 0.0326. The average Bonchev–Trinajstić information content (AvgIpc) is 2.72. The van der Waals surface area contributed by atoms with Gasteiger partial charge in [0.1, 0.15) is 0 Å². The number of urea groups is 1. The van der Waals surface area contributed by atoms with Crippen LogP contribution in [0.4, 0.5) is 4.79 Å². The van der Waals surface area contributed by atoms with Gasteiger partial charge in [0, 0.05) is 26.8 Å². The normalized spacial score (nSPS) is 15.0. The lowest BCUT2D eigenvalue weighted by Gasteiger charge is -2.27. The molecule has 0 unspecified atom stereocenters. The Bertz CT molecular complexity index is 630. The fourth-order valence-corrected chi connectivity index (χ4v) is 3.40. The van der Waals surface area contributed by atoms with E-state index in [1.807, 2.05) is 43.4 Å². The van der Waals surface area contributed by atoms with Crippen LogP contribution < -0.4 is 5.32 Å². The molecule has 1 saturated heterocycles. The number of rotatable bonds is 6. The quantitative estimate of drug-likeness (QED) is 0.845. The van der Waals surface area contributed by atoms with Gasteiger partial charge in [0.2, 0.25) is 0 Å². The molecule has 4 heteroatoms. The number of nitrogens with one attached hydrogen (secondary N) is 1. The van der Waals surface area contributed by atoms with Crippen molar-refractivity contribution in [3.63, 3.8) is 0 Å². The zero-order valence-electron chi connectivity index (χ0n) is 15.4. The molecule has 0 saturated carbocycles. The smallest absolute Gasteiger partial charge is 0.317 e. The van der Waals surface area contributed by atoms with E-state index < -0.39 is 0 Å². The van der Waals surface area contributed by atoms with Gasteiger partial charge in [0.05, 0.1) is 6.04 Å². The van der Waals surface area contributed by atoms with Gasteiger partial charge >= 0.3 is 6.03 Å². The topological polar surface area (TPSA) is 41.6 Å². The maximum atomic E-state index is 12.8. The fraction of sp³-hybridized carbons (Fsp3) is 0.409. The van der Waals surface area contributed by atoms with Crippen LogP contribution in [0.15, 0.2) is 60.7 Å². The third-order valence-corrected chi connectivity index (χ3v) is 5.09. The van der Waals surface area contributed by atoms with E-state index in [0.29, 0.717) is 5.92 Å². The van der Waals surface area contributed by atoms with Crippen LogP contribution in [-0.2, 0) is 4.74 Å². The number of amides is 2. The van der Waals surface area contributed by atoms with E-state index in [0.717, 1.165) is 50.1 Å². The Kier molecular flexibility index (Phi) is 6.67. The molecule has 1 aliphatic heterocycles. The first-order valence-corrected chi connectivity index (χ1v) is 9.43. The van der Waals surface area contributed by atoms with Gasteiger partial charge in [-0.25, -0.2) is 4.79 Å². The lowest BCUT2D eigenvalue weighted by Crippen LogP contribution is -2.40. The molecule has 3 rings (SSSR count). The summed E-state index contributed by atoms with van der Waals surface area (Å²) in [4.78, 5) is 14.6. The number of hydrogen-bond acceptors (Lipinski definition) is 2. The molecule has 1 N–H and O–H groups in total. The van der Waals surface area contributed by atoms with Crippen LogP contribution in [-0.4, -0.2) is 37.7 Å². The number of carbonyl (C=O) groups is 1. The highest BCUT2D eigenvalue weighted by Crippen LogP contribution is 2.22. The highest BCUT2D eigenvalue weighted by molar-refractivity contribution is 5.75. The summed E-state index contributed by atoms with van der Waals surface area (Å²) in [5.74, 6) is 0.665. The van der Waals surface area contributed by atoms with Crippen LogP contribution in [0.3, 0.4) is 0 Å². The average molecular weight is 352 g/mol. The molecule has 1 fully saturated rings. The standard InChI is InChI=1S/C22H28N2O2/c1-24(15-12-18-13-16-26-17-14-18)22(25)23-21(19-8-4-2-5-9-19)20-10-6-3-7-11-20/h2-11,18,21H,12-17H2,1H3,(H,23,25). The molecule has 2 aromatic rings. The molecule has 138 valence electrons. The van der Waals surface area contributed by atoms with E-state index >= 15 is 0 Å². The zero-order valence-corrected chi connectivity index (χ0v) is 15.4. The van der Waals surface area contributed by atoms with Crippen molar-refractivity contribution >= 4 is 6.03 Å². The summed E-state index contributed by atoms with van der Waals surface area (Å²) in [6.07, 6.45) is 3.24. The van der Waals surface area contributed by atoms with Crippen LogP contribution in [0, 0.1) is 5.92 Å². The first-order valence-electron chi connectivity index (χ1n) is 9.43. The Hall–Kier alpha value is -2.33. The number of benzene rings is 2. The second-order valence-corrected chi connectivity index (χ2v) is 6.97. The lowest BCUT2D eigenvalue weighted by atomic mass is 9.96. The number of hydrogen-bond donors (Lipinski definition) is 1. The number of nitrogens with zero attached hydrogens (tertiary/aromatic N) is 1. The predicted octanol–water partition coefficient (Wildman–Crippen LogP) is 4.23. The first-order chi connectivity index (χ1) is 12.7. The molecule has 1 heterocycles. The van der Waals surface area contributed by atoms with Gasteiger partial charge in [0.15, 0.2) is 0 Å². The van der Waals surface area contributed by atoms with E-state index in [4.69, 9.17) is 4.74 Å². The summed E-state index contributed by atoms with van der Waals surface area (Å²) in [6, 6.07) is 20.1. The van der Waals surface area contributed by atoms with Gasteiger partial charge in [0.25, 0.3) is 0 Å².